The zero-order chi connectivity index (χ0) is 14.5. The summed E-state index contributed by atoms with van der Waals surface area (Å²) in [5.74, 6) is -1.37. The van der Waals surface area contributed by atoms with Gasteiger partial charge >= 0.3 is 5.97 Å². The van der Waals surface area contributed by atoms with Crippen molar-refractivity contribution in [2.45, 2.75) is 27.3 Å². The number of benzene rings is 1. The first-order chi connectivity index (χ1) is 8.86. The van der Waals surface area contributed by atoms with E-state index in [4.69, 9.17) is 9.84 Å². The molecule has 0 bridgehead atoms. The lowest BCUT2D eigenvalue weighted by Gasteiger charge is -2.19. The molecule has 0 fully saturated rings. The van der Waals surface area contributed by atoms with Gasteiger partial charge in [0.05, 0.1) is 5.41 Å². The van der Waals surface area contributed by atoms with Crippen LogP contribution in [0, 0.1) is 11.2 Å². The van der Waals surface area contributed by atoms with Crippen molar-refractivity contribution in [2.75, 3.05) is 13.2 Å². The standard InChI is InChI=1S/C14H20FNO3/c1-4-16-8-10-5-6-12(11(15)7-10)19-9-14(2,3)13(17)18/h5-7,16H,4,8-9H2,1-3H3,(H,17,18). The summed E-state index contributed by atoms with van der Waals surface area (Å²) >= 11 is 0. The Hall–Kier alpha value is -1.62. The van der Waals surface area contributed by atoms with Crippen LogP contribution in [0.1, 0.15) is 26.3 Å². The molecule has 0 aliphatic heterocycles. The smallest absolute Gasteiger partial charge is 0.312 e. The highest BCUT2D eigenvalue weighted by atomic mass is 19.1. The molecule has 1 rings (SSSR count). The summed E-state index contributed by atoms with van der Waals surface area (Å²) < 4.78 is 19.0. The average Bonchev–Trinajstić information content (AvgIpc) is 2.35. The van der Waals surface area contributed by atoms with Gasteiger partial charge in [-0.15, -0.1) is 0 Å². The Bertz CT molecular complexity index is 446. The second kappa shape index (κ2) is 6.52. The van der Waals surface area contributed by atoms with E-state index in [9.17, 15) is 9.18 Å². The van der Waals surface area contributed by atoms with E-state index >= 15 is 0 Å². The monoisotopic (exact) mass is 269 g/mol. The van der Waals surface area contributed by atoms with Crippen molar-refractivity contribution >= 4 is 5.97 Å². The van der Waals surface area contributed by atoms with E-state index in [0.29, 0.717) is 6.54 Å². The summed E-state index contributed by atoms with van der Waals surface area (Å²) in [7, 11) is 0. The molecule has 0 aliphatic rings. The molecule has 0 amide bonds. The molecule has 0 atom stereocenters. The summed E-state index contributed by atoms with van der Waals surface area (Å²) in [4.78, 5) is 10.9. The van der Waals surface area contributed by atoms with Gasteiger partial charge in [-0.1, -0.05) is 13.0 Å². The fourth-order valence-corrected chi connectivity index (χ4v) is 1.36. The third kappa shape index (κ3) is 4.52. The van der Waals surface area contributed by atoms with Crippen molar-refractivity contribution in [1.82, 2.24) is 5.32 Å². The molecule has 0 radical (unpaired) electrons. The number of rotatable bonds is 7. The molecule has 4 nitrogen and oxygen atoms in total. The topological polar surface area (TPSA) is 58.6 Å². The first-order valence-corrected chi connectivity index (χ1v) is 6.22. The Morgan fingerprint density at radius 3 is 2.68 bits per heavy atom. The van der Waals surface area contributed by atoms with Gasteiger partial charge in [0.2, 0.25) is 0 Å². The van der Waals surface area contributed by atoms with E-state index in [0.717, 1.165) is 12.1 Å². The van der Waals surface area contributed by atoms with E-state index in [-0.39, 0.29) is 12.4 Å². The molecule has 5 heteroatoms. The number of aliphatic carboxylic acids is 1. The maximum Gasteiger partial charge on any atom is 0.312 e. The SMILES string of the molecule is CCNCc1ccc(OCC(C)(C)C(=O)O)c(F)c1. The number of carboxylic acid groups (broad SMARTS) is 1. The first-order valence-electron chi connectivity index (χ1n) is 6.22. The van der Waals surface area contributed by atoms with Gasteiger partial charge < -0.3 is 15.2 Å². The number of carboxylic acids is 1. The molecule has 2 N–H and O–H groups in total. The largest absolute Gasteiger partial charge is 0.489 e. The summed E-state index contributed by atoms with van der Waals surface area (Å²) in [6, 6.07) is 4.68. The molecule has 1 aromatic carbocycles. The first kappa shape index (κ1) is 15.4. The number of halogens is 1. The zero-order valence-corrected chi connectivity index (χ0v) is 11.5. The third-order valence-electron chi connectivity index (χ3n) is 2.74. The van der Waals surface area contributed by atoms with Crippen molar-refractivity contribution < 1.29 is 19.0 Å². The summed E-state index contributed by atoms with van der Waals surface area (Å²) in [6.45, 7) is 6.37. The fraction of sp³-hybridized carbons (Fsp3) is 0.500. The van der Waals surface area contributed by atoms with Gasteiger partial charge in [-0.25, -0.2) is 4.39 Å². The predicted molar refractivity (Wildman–Crippen MR) is 70.7 cm³/mol. The zero-order valence-electron chi connectivity index (χ0n) is 11.5. The normalized spacial score (nSPS) is 11.4. The number of carbonyl (C=O) groups is 1. The molecule has 0 saturated carbocycles. The van der Waals surface area contributed by atoms with Crippen LogP contribution in [0.2, 0.25) is 0 Å². The molecular formula is C14H20FNO3. The molecule has 0 aromatic heterocycles. The lowest BCUT2D eigenvalue weighted by Crippen LogP contribution is -2.30. The number of hydrogen-bond donors (Lipinski definition) is 2. The summed E-state index contributed by atoms with van der Waals surface area (Å²) in [5, 5.41) is 12.0. The Kier molecular flexibility index (Phi) is 5.30. The molecular weight excluding hydrogens is 249 g/mol. The van der Waals surface area contributed by atoms with Gasteiger partial charge in [0.25, 0.3) is 0 Å². The Morgan fingerprint density at radius 2 is 2.16 bits per heavy atom. The van der Waals surface area contributed by atoms with Gasteiger partial charge in [0, 0.05) is 6.54 Å². The van der Waals surface area contributed by atoms with Crippen LogP contribution >= 0.6 is 0 Å². The van der Waals surface area contributed by atoms with Gasteiger partial charge in [-0.2, -0.15) is 0 Å². The van der Waals surface area contributed by atoms with Crippen LogP contribution in [0.5, 0.6) is 5.75 Å². The molecule has 0 spiro atoms. The van der Waals surface area contributed by atoms with E-state index in [1.165, 1.54) is 26.0 Å². The highest BCUT2D eigenvalue weighted by molar-refractivity contribution is 5.73. The average molecular weight is 269 g/mol. The van der Waals surface area contributed by atoms with Crippen LogP contribution in [0.15, 0.2) is 18.2 Å². The van der Waals surface area contributed by atoms with Crippen molar-refractivity contribution in [3.8, 4) is 5.75 Å². The van der Waals surface area contributed by atoms with Crippen LogP contribution in [-0.4, -0.2) is 24.2 Å². The minimum atomic E-state index is -1.05. The fourth-order valence-electron chi connectivity index (χ4n) is 1.36. The second-order valence-corrected chi connectivity index (χ2v) is 5.02. The molecule has 106 valence electrons. The number of hydrogen-bond acceptors (Lipinski definition) is 3. The molecule has 0 aliphatic carbocycles. The van der Waals surface area contributed by atoms with E-state index in [1.807, 2.05) is 6.92 Å². The minimum Gasteiger partial charge on any atom is -0.489 e. The van der Waals surface area contributed by atoms with Crippen LogP contribution < -0.4 is 10.1 Å². The van der Waals surface area contributed by atoms with E-state index < -0.39 is 17.2 Å². The maximum absolute atomic E-state index is 13.8. The Labute approximate surface area is 112 Å². The predicted octanol–water partition coefficient (Wildman–Crippen LogP) is 2.42. The third-order valence-corrected chi connectivity index (χ3v) is 2.74. The molecule has 0 saturated heterocycles. The highest BCUT2D eigenvalue weighted by Crippen LogP contribution is 2.22. The Balaban J connectivity index is 2.67. The van der Waals surface area contributed by atoms with Crippen molar-refractivity contribution in [3.63, 3.8) is 0 Å². The molecule has 0 unspecified atom stereocenters. The van der Waals surface area contributed by atoms with Crippen LogP contribution in [0.25, 0.3) is 0 Å². The highest BCUT2D eigenvalue weighted by Gasteiger charge is 2.28. The van der Waals surface area contributed by atoms with Gasteiger partial charge in [-0.05, 0) is 38.1 Å². The quantitative estimate of drug-likeness (QED) is 0.798. The van der Waals surface area contributed by atoms with Crippen LogP contribution in [0.4, 0.5) is 4.39 Å². The lowest BCUT2D eigenvalue weighted by atomic mass is 9.95. The van der Waals surface area contributed by atoms with E-state index in [2.05, 4.69) is 5.32 Å². The lowest BCUT2D eigenvalue weighted by molar-refractivity contribution is -0.148. The number of nitrogens with one attached hydrogen (secondary N) is 1. The summed E-state index contributed by atoms with van der Waals surface area (Å²) in [5.41, 5.74) is -0.223. The van der Waals surface area contributed by atoms with E-state index in [1.54, 1.807) is 6.07 Å². The maximum atomic E-state index is 13.8. The molecule has 1 aromatic rings. The Morgan fingerprint density at radius 1 is 1.47 bits per heavy atom. The van der Waals surface area contributed by atoms with Crippen LogP contribution in [-0.2, 0) is 11.3 Å². The van der Waals surface area contributed by atoms with Crippen molar-refractivity contribution in [3.05, 3.63) is 29.6 Å². The van der Waals surface area contributed by atoms with Crippen molar-refractivity contribution in [2.24, 2.45) is 5.41 Å². The molecule has 0 heterocycles. The van der Waals surface area contributed by atoms with Crippen molar-refractivity contribution in [1.29, 1.82) is 0 Å². The summed E-state index contributed by atoms with van der Waals surface area (Å²) in [6.07, 6.45) is 0. The molecule has 19 heavy (non-hydrogen) atoms. The second-order valence-electron chi connectivity index (χ2n) is 5.02. The van der Waals surface area contributed by atoms with Gasteiger partial charge in [-0.3, -0.25) is 4.79 Å². The van der Waals surface area contributed by atoms with Crippen LogP contribution in [0.3, 0.4) is 0 Å². The number of ether oxygens (including phenoxy) is 1. The van der Waals surface area contributed by atoms with Gasteiger partial charge in [0.15, 0.2) is 11.6 Å². The minimum absolute atomic E-state index is 0.0776. The van der Waals surface area contributed by atoms with Gasteiger partial charge in [0.1, 0.15) is 6.61 Å².